The van der Waals surface area contributed by atoms with Gasteiger partial charge in [0, 0.05) is 12.8 Å². The largest absolute Gasteiger partial charge is 0.300 e. The fourth-order valence-electron chi connectivity index (χ4n) is 7.88. The van der Waals surface area contributed by atoms with Gasteiger partial charge in [0.15, 0.2) is 0 Å². The molecule has 3 fully saturated rings. The highest BCUT2D eigenvalue weighted by atomic mass is 16.1. The Labute approximate surface area is 168 Å². The van der Waals surface area contributed by atoms with E-state index < -0.39 is 0 Å². The summed E-state index contributed by atoms with van der Waals surface area (Å²) in [5.74, 6) is 5.31. The van der Waals surface area contributed by atoms with Crippen molar-refractivity contribution in [3.8, 4) is 0 Å². The second kappa shape index (κ2) is 8.66. The summed E-state index contributed by atoms with van der Waals surface area (Å²) in [6, 6.07) is 0. The van der Waals surface area contributed by atoms with E-state index in [-0.39, 0.29) is 0 Å². The number of ketones is 1. The zero-order chi connectivity index (χ0) is 19.6. The van der Waals surface area contributed by atoms with Crippen LogP contribution in [-0.2, 0) is 4.79 Å². The van der Waals surface area contributed by atoms with Gasteiger partial charge in [0.05, 0.1) is 0 Å². The van der Waals surface area contributed by atoms with Crippen LogP contribution in [0.3, 0.4) is 0 Å². The molecule has 0 bridgehead atoms. The molecule has 0 spiro atoms. The summed E-state index contributed by atoms with van der Waals surface area (Å²) in [5.41, 5.74) is 2.14. The fourth-order valence-corrected chi connectivity index (χ4v) is 7.88. The Morgan fingerprint density at radius 2 is 2.00 bits per heavy atom. The number of allylic oxidation sites excluding steroid dienone is 3. The van der Waals surface area contributed by atoms with Crippen LogP contribution in [0.1, 0.15) is 91.9 Å². The molecule has 0 aromatic carbocycles. The summed E-state index contributed by atoms with van der Waals surface area (Å²) in [4.78, 5) is 12.3. The van der Waals surface area contributed by atoms with Gasteiger partial charge in [0.25, 0.3) is 0 Å². The van der Waals surface area contributed by atoms with Gasteiger partial charge in [-0.05, 0) is 85.9 Å². The van der Waals surface area contributed by atoms with Crippen LogP contribution in [-0.4, -0.2) is 5.78 Å². The van der Waals surface area contributed by atoms with E-state index in [0.29, 0.717) is 17.1 Å². The zero-order valence-corrected chi connectivity index (χ0v) is 18.3. The average molecular weight is 371 g/mol. The number of hydrogen-bond acceptors (Lipinski definition) is 1. The lowest BCUT2D eigenvalue weighted by atomic mass is 9.48. The molecule has 3 saturated carbocycles. The van der Waals surface area contributed by atoms with E-state index in [1.807, 2.05) is 13.0 Å². The lowest BCUT2D eigenvalue weighted by Gasteiger charge is -2.57. The van der Waals surface area contributed by atoms with Gasteiger partial charge in [-0.3, -0.25) is 4.79 Å². The lowest BCUT2D eigenvalue weighted by molar-refractivity contribution is -0.122. The number of fused-ring (bicyclic) bond motifs is 3. The first-order valence-electron chi connectivity index (χ1n) is 11.8. The van der Waals surface area contributed by atoms with Crippen molar-refractivity contribution in [3.63, 3.8) is 0 Å². The molecule has 7 unspecified atom stereocenters. The van der Waals surface area contributed by atoms with Gasteiger partial charge in [0.1, 0.15) is 5.78 Å². The molecule has 3 aliphatic carbocycles. The minimum atomic E-state index is 0.455. The van der Waals surface area contributed by atoms with E-state index in [4.69, 9.17) is 0 Å². The van der Waals surface area contributed by atoms with Crippen LogP contribution < -0.4 is 0 Å². The smallest absolute Gasteiger partial charge is 0.132 e. The summed E-state index contributed by atoms with van der Waals surface area (Å²) >= 11 is 0. The van der Waals surface area contributed by atoms with E-state index in [0.717, 1.165) is 42.4 Å². The molecular formula is C26H42O. The van der Waals surface area contributed by atoms with Crippen molar-refractivity contribution in [2.45, 2.75) is 91.9 Å². The summed E-state index contributed by atoms with van der Waals surface area (Å²) in [7, 11) is 0. The van der Waals surface area contributed by atoms with E-state index in [1.54, 1.807) is 5.57 Å². The van der Waals surface area contributed by atoms with Crippen molar-refractivity contribution in [1.29, 1.82) is 0 Å². The van der Waals surface area contributed by atoms with Crippen LogP contribution >= 0.6 is 0 Å². The van der Waals surface area contributed by atoms with E-state index >= 15 is 0 Å². The van der Waals surface area contributed by atoms with Gasteiger partial charge >= 0.3 is 0 Å². The zero-order valence-electron chi connectivity index (χ0n) is 18.3. The number of carbonyl (C=O) groups is 1. The molecule has 3 aliphatic rings. The number of Topliss-reactive ketones (excluding diaryl/α,β-unsaturated/α-hetero) is 1. The molecule has 0 N–H and O–H groups in total. The monoisotopic (exact) mass is 370 g/mol. The Kier molecular flexibility index (Phi) is 6.70. The third-order valence-electron chi connectivity index (χ3n) is 8.95. The van der Waals surface area contributed by atoms with E-state index in [2.05, 4.69) is 33.4 Å². The van der Waals surface area contributed by atoms with Crippen LogP contribution in [0, 0.1) is 40.9 Å². The lowest BCUT2D eigenvalue weighted by Crippen LogP contribution is -2.49. The summed E-state index contributed by atoms with van der Waals surface area (Å²) in [6.07, 6.45) is 16.5. The Bertz CT molecular complexity index is 573. The molecule has 7 atom stereocenters. The Morgan fingerprint density at radius 3 is 2.63 bits per heavy atom. The highest BCUT2D eigenvalue weighted by molar-refractivity contribution is 5.78. The first-order valence-corrected chi connectivity index (χ1v) is 11.8. The number of rotatable bonds is 7. The molecule has 27 heavy (non-hydrogen) atoms. The van der Waals surface area contributed by atoms with Crippen LogP contribution in [0.4, 0.5) is 0 Å². The molecule has 152 valence electrons. The van der Waals surface area contributed by atoms with Crippen molar-refractivity contribution in [1.82, 2.24) is 0 Å². The highest BCUT2D eigenvalue weighted by Gasteiger charge is 2.58. The molecule has 0 aliphatic heterocycles. The molecule has 1 heteroatoms. The summed E-state index contributed by atoms with van der Waals surface area (Å²) in [6.45, 7) is 13.3. The van der Waals surface area contributed by atoms with Crippen molar-refractivity contribution in [2.75, 3.05) is 0 Å². The molecule has 0 heterocycles. The molecule has 0 radical (unpaired) electrons. The fraction of sp³-hybridized carbons (Fsp3) is 0.808. The summed E-state index contributed by atoms with van der Waals surface area (Å²) in [5, 5.41) is 0. The highest BCUT2D eigenvalue weighted by Crippen LogP contribution is 2.66. The molecule has 0 aromatic heterocycles. The van der Waals surface area contributed by atoms with Crippen LogP contribution in [0.2, 0.25) is 0 Å². The molecular weight excluding hydrogens is 328 g/mol. The third-order valence-corrected chi connectivity index (χ3v) is 8.95. The van der Waals surface area contributed by atoms with E-state index in [9.17, 15) is 4.79 Å². The maximum Gasteiger partial charge on any atom is 0.132 e. The van der Waals surface area contributed by atoms with Crippen LogP contribution in [0.25, 0.3) is 0 Å². The summed E-state index contributed by atoms with van der Waals surface area (Å²) < 4.78 is 0. The van der Waals surface area contributed by atoms with Crippen molar-refractivity contribution >= 4 is 5.78 Å². The van der Waals surface area contributed by atoms with Gasteiger partial charge in [0.2, 0.25) is 0 Å². The number of carbonyl (C=O) groups excluding carboxylic acids is 1. The first-order chi connectivity index (χ1) is 13.0. The Balaban J connectivity index is 1.90. The van der Waals surface area contributed by atoms with Gasteiger partial charge < -0.3 is 0 Å². The van der Waals surface area contributed by atoms with E-state index in [1.165, 1.54) is 51.4 Å². The quantitative estimate of drug-likeness (QED) is 0.457. The van der Waals surface area contributed by atoms with Crippen molar-refractivity contribution < 1.29 is 4.79 Å². The predicted molar refractivity (Wildman–Crippen MR) is 116 cm³/mol. The second-order valence-corrected chi connectivity index (χ2v) is 9.90. The van der Waals surface area contributed by atoms with Crippen molar-refractivity contribution in [2.24, 2.45) is 40.9 Å². The third kappa shape index (κ3) is 3.60. The molecule has 0 amide bonds. The van der Waals surface area contributed by atoms with Gasteiger partial charge in [-0.25, -0.2) is 0 Å². The SMILES string of the molecule is C=C/C=C1/CC(C)C2C(CCC3(CC)C(CC(=O)CC)CCC23)C1CCC. The second-order valence-electron chi connectivity index (χ2n) is 9.90. The van der Waals surface area contributed by atoms with Gasteiger partial charge in [-0.1, -0.05) is 58.4 Å². The normalized spacial score (nSPS) is 42.6. The minimum absolute atomic E-state index is 0.455. The minimum Gasteiger partial charge on any atom is -0.300 e. The van der Waals surface area contributed by atoms with Crippen LogP contribution in [0.5, 0.6) is 0 Å². The predicted octanol–water partition coefficient (Wildman–Crippen LogP) is 7.37. The standard InChI is InChI=1S/C26H42O/c1-6-10-19-16-18(5)25-23(22(19)11-7-2)14-15-26(9-4)20(12-13-24(25)26)17-21(27)8-3/h6,10,18,20,22-25H,1,7-9,11-17H2,2-5H3/b19-10-. The maximum absolute atomic E-state index is 12.3. The van der Waals surface area contributed by atoms with Crippen molar-refractivity contribution in [3.05, 3.63) is 24.3 Å². The maximum atomic E-state index is 12.3. The molecule has 0 aromatic rings. The van der Waals surface area contributed by atoms with Crippen LogP contribution in [0.15, 0.2) is 24.3 Å². The first kappa shape index (κ1) is 20.9. The van der Waals surface area contributed by atoms with Gasteiger partial charge in [-0.2, -0.15) is 0 Å². The Hall–Kier alpha value is -0.850. The van der Waals surface area contributed by atoms with Gasteiger partial charge in [-0.15, -0.1) is 0 Å². The average Bonchev–Trinajstić information content (AvgIpc) is 3.03. The Morgan fingerprint density at radius 1 is 1.22 bits per heavy atom. The topological polar surface area (TPSA) is 17.1 Å². The molecule has 1 nitrogen and oxygen atoms in total. The molecule has 3 rings (SSSR count). The molecule has 0 saturated heterocycles. The number of hydrogen-bond donors (Lipinski definition) is 0.